The van der Waals surface area contributed by atoms with Gasteiger partial charge in [0.05, 0.1) is 23.0 Å². The Kier molecular flexibility index (Phi) is 5.43. The molecule has 2 heterocycles. The highest BCUT2D eigenvalue weighted by molar-refractivity contribution is 7.99. The van der Waals surface area contributed by atoms with Crippen molar-refractivity contribution in [3.05, 3.63) is 70.6 Å². The number of benzene rings is 1. The molecule has 0 radical (unpaired) electrons. The quantitative estimate of drug-likeness (QED) is 0.727. The van der Waals surface area contributed by atoms with Gasteiger partial charge in [-0.1, -0.05) is 41.4 Å². The fourth-order valence-electron chi connectivity index (χ4n) is 2.41. The highest BCUT2D eigenvalue weighted by atomic mass is 35.5. The number of amides is 1. The van der Waals surface area contributed by atoms with Crippen LogP contribution in [0.2, 0.25) is 5.02 Å². The van der Waals surface area contributed by atoms with Gasteiger partial charge in [0, 0.05) is 18.1 Å². The summed E-state index contributed by atoms with van der Waals surface area (Å²) in [5.74, 6) is 1.29. The van der Waals surface area contributed by atoms with Crippen LogP contribution in [-0.2, 0) is 17.1 Å². The van der Waals surface area contributed by atoms with Crippen molar-refractivity contribution in [1.82, 2.24) is 14.7 Å². The Bertz CT molecular complexity index is 862. The number of halogens is 1. The molecule has 1 amide bonds. The van der Waals surface area contributed by atoms with Gasteiger partial charge in [-0.25, -0.2) is 4.98 Å². The van der Waals surface area contributed by atoms with Crippen LogP contribution in [-0.4, -0.2) is 21.0 Å². The van der Waals surface area contributed by atoms with Crippen molar-refractivity contribution in [3.63, 3.8) is 0 Å². The molecule has 3 aromatic rings. The van der Waals surface area contributed by atoms with E-state index < -0.39 is 0 Å². The number of nitrogens with one attached hydrogen (secondary N) is 1. The maximum Gasteiger partial charge on any atom is 0.230 e. The molecule has 0 spiro atoms. The molecule has 0 fully saturated rings. The van der Waals surface area contributed by atoms with Crippen molar-refractivity contribution >= 4 is 34.9 Å². The summed E-state index contributed by atoms with van der Waals surface area (Å²) in [7, 11) is 0. The van der Waals surface area contributed by atoms with Crippen LogP contribution in [0, 0.1) is 6.92 Å². The standard InChI is InChI=1S/C18H18ClN3OS/c1-13-3-2-4-14(7-13)11-24-12-18(23)20-8-16-10-22-9-15(19)5-6-17(22)21-16/h2-7,9-10H,8,11-12H2,1H3,(H,20,23). The van der Waals surface area contributed by atoms with Crippen LogP contribution in [0.15, 0.2) is 48.8 Å². The third-order valence-corrected chi connectivity index (χ3v) is 4.74. The van der Waals surface area contributed by atoms with Gasteiger partial charge in [-0.05, 0) is 24.6 Å². The van der Waals surface area contributed by atoms with Gasteiger partial charge in [0.1, 0.15) is 5.65 Å². The summed E-state index contributed by atoms with van der Waals surface area (Å²) in [4.78, 5) is 16.4. The Balaban J connectivity index is 1.46. The molecule has 1 N–H and O–H groups in total. The van der Waals surface area contributed by atoms with E-state index in [1.165, 1.54) is 11.1 Å². The summed E-state index contributed by atoms with van der Waals surface area (Å²) in [6.07, 6.45) is 3.67. The van der Waals surface area contributed by atoms with Crippen molar-refractivity contribution in [3.8, 4) is 0 Å². The lowest BCUT2D eigenvalue weighted by atomic mass is 10.2. The molecule has 0 bridgehead atoms. The molecule has 0 atom stereocenters. The minimum atomic E-state index is 0.0164. The Hall–Kier alpha value is -1.98. The van der Waals surface area contributed by atoms with Crippen molar-refractivity contribution in [2.75, 3.05) is 5.75 Å². The molecule has 0 aliphatic heterocycles. The first-order chi connectivity index (χ1) is 11.6. The summed E-state index contributed by atoms with van der Waals surface area (Å²) in [6.45, 7) is 2.49. The summed E-state index contributed by atoms with van der Waals surface area (Å²) < 4.78 is 1.86. The van der Waals surface area contributed by atoms with Gasteiger partial charge in [0.2, 0.25) is 5.91 Å². The van der Waals surface area contributed by atoms with Crippen LogP contribution in [0.4, 0.5) is 0 Å². The van der Waals surface area contributed by atoms with Crippen LogP contribution in [0.3, 0.4) is 0 Å². The van der Waals surface area contributed by atoms with Crippen LogP contribution < -0.4 is 5.32 Å². The van der Waals surface area contributed by atoms with Gasteiger partial charge in [-0.2, -0.15) is 0 Å². The van der Waals surface area contributed by atoms with Crippen LogP contribution in [0.5, 0.6) is 0 Å². The lowest BCUT2D eigenvalue weighted by molar-refractivity contribution is -0.118. The first kappa shape index (κ1) is 16.9. The van der Waals surface area contributed by atoms with Crippen molar-refractivity contribution < 1.29 is 4.79 Å². The predicted octanol–water partition coefficient (Wildman–Crippen LogP) is 3.85. The van der Waals surface area contributed by atoms with E-state index in [1.54, 1.807) is 24.0 Å². The maximum atomic E-state index is 12.0. The van der Waals surface area contributed by atoms with Gasteiger partial charge in [-0.3, -0.25) is 4.79 Å². The van der Waals surface area contributed by atoms with Crippen molar-refractivity contribution in [2.45, 2.75) is 19.2 Å². The van der Waals surface area contributed by atoms with E-state index in [9.17, 15) is 4.79 Å². The number of aryl methyl sites for hydroxylation is 1. The number of thioether (sulfide) groups is 1. The fourth-order valence-corrected chi connectivity index (χ4v) is 3.38. The molecule has 0 saturated carbocycles. The minimum Gasteiger partial charge on any atom is -0.350 e. The first-order valence-corrected chi connectivity index (χ1v) is 9.16. The minimum absolute atomic E-state index is 0.0164. The SMILES string of the molecule is Cc1cccc(CSCC(=O)NCc2cn3cc(Cl)ccc3n2)c1. The molecule has 0 aliphatic carbocycles. The van der Waals surface area contributed by atoms with Crippen LogP contribution in [0.1, 0.15) is 16.8 Å². The van der Waals surface area contributed by atoms with Gasteiger partial charge < -0.3 is 9.72 Å². The number of hydrogen-bond acceptors (Lipinski definition) is 3. The molecule has 1 aromatic carbocycles. The Morgan fingerprint density at radius 2 is 2.17 bits per heavy atom. The maximum absolute atomic E-state index is 12.0. The third-order valence-electron chi connectivity index (χ3n) is 3.52. The zero-order chi connectivity index (χ0) is 16.9. The second kappa shape index (κ2) is 7.73. The lowest BCUT2D eigenvalue weighted by Crippen LogP contribution is -2.24. The van der Waals surface area contributed by atoms with E-state index in [0.717, 1.165) is 17.1 Å². The topological polar surface area (TPSA) is 46.4 Å². The van der Waals surface area contributed by atoms with E-state index in [0.29, 0.717) is 17.3 Å². The number of carbonyl (C=O) groups is 1. The molecule has 124 valence electrons. The molecular weight excluding hydrogens is 342 g/mol. The molecule has 0 saturated heterocycles. The fraction of sp³-hybridized carbons (Fsp3) is 0.222. The molecule has 6 heteroatoms. The highest BCUT2D eigenvalue weighted by Crippen LogP contribution is 2.14. The summed E-state index contributed by atoms with van der Waals surface area (Å²) in [6, 6.07) is 12.0. The summed E-state index contributed by atoms with van der Waals surface area (Å²) in [5.41, 5.74) is 4.11. The second-order valence-corrected chi connectivity index (χ2v) is 7.03. The Morgan fingerprint density at radius 1 is 1.29 bits per heavy atom. The third kappa shape index (κ3) is 4.52. The van der Waals surface area contributed by atoms with Gasteiger partial charge in [-0.15, -0.1) is 11.8 Å². The molecule has 2 aromatic heterocycles. The first-order valence-electron chi connectivity index (χ1n) is 7.63. The number of hydrogen-bond donors (Lipinski definition) is 1. The average Bonchev–Trinajstić information content (AvgIpc) is 2.95. The number of aromatic nitrogens is 2. The van der Waals surface area contributed by atoms with E-state index >= 15 is 0 Å². The second-order valence-electron chi connectivity index (χ2n) is 5.60. The van der Waals surface area contributed by atoms with Crippen molar-refractivity contribution in [2.24, 2.45) is 0 Å². The number of nitrogens with zero attached hydrogens (tertiary/aromatic N) is 2. The van der Waals surface area contributed by atoms with E-state index in [4.69, 9.17) is 11.6 Å². The summed E-state index contributed by atoms with van der Waals surface area (Å²) >= 11 is 7.56. The lowest BCUT2D eigenvalue weighted by Gasteiger charge is -2.04. The summed E-state index contributed by atoms with van der Waals surface area (Å²) in [5, 5.41) is 3.56. The number of carbonyl (C=O) groups excluding carboxylic acids is 1. The molecule has 0 unspecified atom stereocenters. The zero-order valence-corrected chi connectivity index (χ0v) is 14.9. The Morgan fingerprint density at radius 3 is 3.00 bits per heavy atom. The van der Waals surface area contributed by atoms with E-state index in [1.807, 2.05) is 22.7 Å². The molecule has 0 aliphatic rings. The average molecular weight is 360 g/mol. The Labute approximate surface area is 150 Å². The van der Waals surface area contributed by atoms with Gasteiger partial charge in [0.25, 0.3) is 0 Å². The molecule has 3 rings (SSSR count). The van der Waals surface area contributed by atoms with Crippen LogP contribution in [0.25, 0.3) is 5.65 Å². The van der Waals surface area contributed by atoms with Gasteiger partial charge in [0.15, 0.2) is 0 Å². The molecular formula is C18H18ClN3OS. The number of imidazole rings is 1. The normalized spacial score (nSPS) is 10.9. The molecule has 4 nitrogen and oxygen atoms in total. The smallest absolute Gasteiger partial charge is 0.230 e. The van der Waals surface area contributed by atoms with E-state index in [2.05, 4.69) is 35.4 Å². The number of fused-ring (bicyclic) bond motifs is 1. The van der Waals surface area contributed by atoms with Crippen LogP contribution >= 0.6 is 23.4 Å². The van der Waals surface area contributed by atoms with Gasteiger partial charge >= 0.3 is 0 Å². The molecule has 24 heavy (non-hydrogen) atoms. The predicted molar refractivity (Wildman–Crippen MR) is 99.4 cm³/mol. The monoisotopic (exact) mass is 359 g/mol. The largest absolute Gasteiger partial charge is 0.350 e. The number of pyridine rings is 1. The number of rotatable bonds is 6. The van der Waals surface area contributed by atoms with E-state index in [-0.39, 0.29) is 5.91 Å². The van der Waals surface area contributed by atoms with Crippen molar-refractivity contribution in [1.29, 1.82) is 0 Å². The highest BCUT2D eigenvalue weighted by Gasteiger charge is 2.06. The zero-order valence-electron chi connectivity index (χ0n) is 13.3.